The number of thiocarbonyl (C=S) groups is 1. The first kappa shape index (κ1) is 21.5. The summed E-state index contributed by atoms with van der Waals surface area (Å²) in [6.45, 7) is 4.18. The molecule has 2 rings (SSSR count). The van der Waals surface area contributed by atoms with Crippen molar-refractivity contribution in [1.82, 2.24) is 20.5 Å². The highest BCUT2D eigenvalue weighted by atomic mass is 32.2. The summed E-state index contributed by atoms with van der Waals surface area (Å²) in [5, 5.41) is 3.31. The monoisotopic (exact) mass is 414 g/mol. The first-order valence-electron chi connectivity index (χ1n) is 8.97. The van der Waals surface area contributed by atoms with Gasteiger partial charge in [0.15, 0.2) is 5.11 Å². The van der Waals surface area contributed by atoms with Gasteiger partial charge >= 0.3 is 0 Å². The summed E-state index contributed by atoms with van der Waals surface area (Å²) in [4.78, 5) is 12.4. The van der Waals surface area contributed by atoms with E-state index in [0.717, 1.165) is 25.8 Å². The Morgan fingerprint density at radius 2 is 1.96 bits per heavy atom. The third kappa shape index (κ3) is 6.42. The molecule has 0 spiro atoms. The molecule has 150 valence electrons. The Morgan fingerprint density at radius 1 is 1.22 bits per heavy atom. The van der Waals surface area contributed by atoms with Crippen LogP contribution >= 0.6 is 12.2 Å². The highest BCUT2D eigenvalue weighted by molar-refractivity contribution is 7.89. The summed E-state index contributed by atoms with van der Waals surface area (Å²) in [5.41, 5.74) is 5.33. The molecular weight excluding hydrogens is 388 g/mol. The molecule has 10 heteroatoms. The van der Waals surface area contributed by atoms with Gasteiger partial charge in [0.2, 0.25) is 10.0 Å². The fourth-order valence-electron chi connectivity index (χ4n) is 2.54. The Bertz CT molecular complexity index is 749. The van der Waals surface area contributed by atoms with Gasteiger partial charge in [0.25, 0.3) is 5.91 Å². The highest BCUT2D eigenvalue weighted by Crippen LogP contribution is 2.18. The van der Waals surface area contributed by atoms with Crippen molar-refractivity contribution in [3.05, 3.63) is 29.8 Å². The van der Waals surface area contributed by atoms with Crippen molar-refractivity contribution in [3.8, 4) is 0 Å². The SMILES string of the molecule is CCCCCNC(=S)NNC(=O)c1cccc(S(=O)(=O)N2CCOCC2)c1. The van der Waals surface area contributed by atoms with Crippen molar-refractivity contribution in [2.75, 3.05) is 32.8 Å². The molecule has 1 aliphatic heterocycles. The number of amides is 1. The quantitative estimate of drug-likeness (QED) is 0.348. The van der Waals surface area contributed by atoms with Crippen LogP contribution in [0.15, 0.2) is 29.2 Å². The maximum absolute atomic E-state index is 12.7. The maximum atomic E-state index is 12.7. The summed E-state index contributed by atoms with van der Waals surface area (Å²) in [6.07, 6.45) is 3.21. The summed E-state index contributed by atoms with van der Waals surface area (Å²) in [5.74, 6) is -0.466. The van der Waals surface area contributed by atoms with Crippen LogP contribution < -0.4 is 16.2 Å². The van der Waals surface area contributed by atoms with Crippen LogP contribution in [0, 0.1) is 0 Å². The number of benzene rings is 1. The van der Waals surface area contributed by atoms with Crippen LogP contribution in [-0.4, -0.2) is 56.6 Å². The molecule has 1 aliphatic rings. The minimum Gasteiger partial charge on any atom is -0.379 e. The lowest BCUT2D eigenvalue weighted by Crippen LogP contribution is -2.47. The first-order chi connectivity index (χ1) is 12.9. The van der Waals surface area contributed by atoms with Gasteiger partial charge in [-0.2, -0.15) is 4.31 Å². The number of hydrogen-bond acceptors (Lipinski definition) is 5. The van der Waals surface area contributed by atoms with Crippen LogP contribution in [0.2, 0.25) is 0 Å². The van der Waals surface area contributed by atoms with Crippen molar-refractivity contribution in [1.29, 1.82) is 0 Å². The number of morpholine rings is 1. The number of rotatable bonds is 7. The molecule has 8 nitrogen and oxygen atoms in total. The molecule has 3 N–H and O–H groups in total. The molecule has 1 saturated heterocycles. The number of hydrazine groups is 1. The lowest BCUT2D eigenvalue weighted by Gasteiger charge is -2.26. The van der Waals surface area contributed by atoms with Gasteiger partial charge in [0, 0.05) is 25.2 Å². The number of carbonyl (C=O) groups is 1. The van der Waals surface area contributed by atoms with E-state index in [-0.39, 0.29) is 10.5 Å². The third-order valence-corrected chi connectivity index (χ3v) is 6.20. The molecule has 0 aromatic heterocycles. The molecule has 0 saturated carbocycles. The molecular formula is C17H26N4O4S2. The Balaban J connectivity index is 1.94. The normalized spacial score (nSPS) is 15.1. The average molecular weight is 415 g/mol. The molecule has 0 atom stereocenters. The standard InChI is InChI=1S/C17H26N4O4S2/c1-2-3-4-8-18-17(26)20-19-16(22)14-6-5-7-15(13-14)27(23,24)21-9-11-25-12-10-21/h5-7,13H,2-4,8-12H2,1H3,(H,19,22)(H2,18,20,26). The number of sulfonamides is 1. The number of carbonyl (C=O) groups excluding carboxylic acids is 1. The van der Waals surface area contributed by atoms with Crippen LogP contribution in [-0.2, 0) is 14.8 Å². The maximum Gasteiger partial charge on any atom is 0.269 e. The van der Waals surface area contributed by atoms with Crippen LogP contribution in [0.3, 0.4) is 0 Å². The molecule has 1 heterocycles. The molecule has 0 radical (unpaired) electrons. The zero-order chi connectivity index (χ0) is 19.7. The van der Waals surface area contributed by atoms with Gasteiger partial charge < -0.3 is 10.1 Å². The first-order valence-corrected chi connectivity index (χ1v) is 10.8. The Morgan fingerprint density at radius 3 is 2.67 bits per heavy atom. The summed E-state index contributed by atoms with van der Waals surface area (Å²) in [7, 11) is -3.65. The largest absolute Gasteiger partial charge is 0.379 e. The van der Waals surface area contributed by atoms with E-state index in [0.29, 0.717) is 31.4 Å². The molecule has 0 aliphatic carbocycles. The second-order valence-electron chi connectivity index (χ2n) is 6.09. The van der Waals surface area contributed by atoms with Gasteiger partial charge in [0.05, 0.1) is 18.1 Å². The number of nitrogens with zero attached hydrogens (tertiary/aromatic N) is 1. The fraction of sp³-hybridized carbons (Fsp3) is 0.529. The number of unbranched alkanes of at least 4 members (excludes halogenated alkanes) is 2. The number of nitrogens with one attached hydrogen (secondary N) is 3. The van der Waals surface area contributed by atoms with E-state index in [4.69, 9.17) is 17.0 Å². The smallest absolute Gasteiger partial charge is 0.269 e. The van der Waals surface area contributed by atoms with E-state index >= 15 is 0 Å². The molecule has 1 aromatic rings. The Kier molecular flexibility index (Phi) is 8.42. The second kappa shape index (κ2) is 10.5. The summed E-state index contributed by atoms with van der Waals surface area (Å²) >= 11 is 5.09. The van der Waals surface area contributed by atoms with Crippen LogP contribution in [0.5, 0.6) is 0 Å². The molecule has 0 unspecified atom stereocenters. The summed E-state index contributed by atoms with van der Waals surface area (Å²) in [6, 6.07) is 5.94. The van der Waals surface area contributed by atoms with Crippen molar-refractivity contribution in [2.24, 2.45) is 0 Å². The van der Waals surface area contributed by atoms with E-state index in [1.807, 2.05) is 0 Å². The fourth-order valence-corrected chi connectivity index (χ4v) is 4.15. The van der Waals surface area contributed by atoms with Crippen molar-refractivity contribution in [3.63, 3.8) is 0 Å². The number of hydrogen-bond donors (Lipinski definition) is 3. The van der Waals surface area contributed by atoms with E-state index in [9.17, 15) is 13.2 Å². The van der Waals surface area contributed by atoms with Gasteiger partial charge in [-0.05, 0) is 36.8 Å². The topological polar surface area (TPSA) is 99.8 Å². The predicted octanol–water partition coefficient (Wildman–Crippen LogP) is 1.01. The zero-order valence-corrected chi connectivity index (χ0v) is 17.0. The van der Waals surface area contributed by atoms with E-state index in [2.05, 4.69) is 23.1 Å². The van der Waals surface area contributed by atoms with Gasteiger partial charge in [-0.3, -0.25) is 15.6 Å². The second-order valence-corrected chi connectivity index (χ2v) is 8.43. The van der Waals surface area contributed by atoms with Gasteiger partial charge in [-0.15, -0.1) is 0 Å². The van der Waals surface area contributed by atoms with Crippen LogP contribution in [0.4, 0.5) is 0 Å². The molecule has 0 bridgehead atoms. The van der Waals surface area contributed by atoms with E-state index in [1.165, 1.54) is 16.4 Å². The van der Waals surface area contributed by atoms with Crippen molar-refractivity contribution < 1.29 is 17.9 Å². The molecule has 27 heavy (non-hydrogen) atoms. The molecule has 1 aromatic carbocycles. The average Bonchev–Trinajstić information content (AvgIpc) is 2.70. The summed E-state index contributed by atoms with van der Waals surface area (Å²) < 4.78 is 31.9. The van der Waals surface area contributed by atoms with Crippen LogP contribution in [0.25, 0.3) is 0 Å². The van der Waals surface area contributed by atoms with Gasteiger partial charge in [0.1, 0.15) is 0 Å². The lowest BCUT2D eigenvalue weighted by atomic mass is 10.2. The lowest BCUT2D eigenvalue weighted by molar-refractivity contribution is 0.0730. The minimum absolute atomic E-state index is 0.0808. The van der Waals surface area contributed by atoms with E-state index in [1.54, 1.807) is 12.1 Å². The zero-order valence-electron chi connectivity index (χ0n) is 15.4. The predicted molar refractivity (Wildman–Crippen MR) is 107 cm³/mol. The molecule has 1 amide bonds. The minimum atomic E-state index is -3.65. The highest BCUT2D eigenvalue weighted by Gasteiger charge is 2.26. The Labute approximate surface area is 165 Å². The van der Waals surface area contributed by atoms with Crippen LogP contribution in [0.1, 0.15) is 36.5 Å². The number of ether oxygens (including phenoxy) is 1. The third-order valence-electron chi connectivity index (χ3n) is 4.06. The van der Waals surface area contributed by atoms with Crippen molar-refractivity contribution >= 4 is 33.3 Å². The molecule has 1 fully saturated rings. The van der Waals surface area contributed by atoms with E-state index < -0.39 is 15.9 Å². The van der Waals surface area contributed by atoms with Crippen molar-refractivity contribution in [2.45, 2.75) is 31.1 Å². The Hall–Kier alpha value is -1.75. The van der Waals surface area contributed by atoms with Gasteiger partial charge in [-0.1, -0.05) is 25.8 Å². The van der Waals surface area contributed by atoms with Gasteiger partial charge in [-0.25, -0.2) is 8.42 Å².